The summed E-state index contributed by atoms with van der Waals surface area (Å²) in [5.74, 6) is -1.05. The molecule has 0 fully saturated rings. The smallest absolute Gasteiger partial charge is 0.273 e. The van der Waals surface area contributed by atoms with Gasteiger partial charge in [0.15, 0.2) is 0 Å². The lowest BCUT2D eigenvalue weighted by atomic mass is 10.1. The Morgan fingerprint density at radius 3 is 2.33 bits per heavy atom. The number of sulfonamides is 1. The molecule has 0 saturated heterocycles. The number of nitrogens with one attached hydrogen (secondary N) is 1. The van der Waals surface area contributed by atoms with Gasteiger partial charge in [-0.3, -0.25) is 24.0 Å². The van der Waals surface area contributed by atoms with E-state index in [1.165, 1.54) is 49.3 Å². The van der Waals surface area contributed by atoms with Crippen molar-refractivity contribution in [2.45, 2.75) is 64.1 Å². The second kappa shape index (κ2) is 15.4. The van der Waals surface area contributed by atoms with E-state index in [-0.39, 0.29) is 41.0 Å². The summed E-state index contributed by atoms with van der Waals surface area (Å²) in [5.41, 5.74) is 0.321. The Balaban J connectivity index is 2.20. The van der Waals surface area contributed by atoms with Crippen LogP contribution in [0.5, 0.6) is 5.75 Å². The van der Waals surface area contributed by atoms with E-state index >= 15 is 0 Å². The number of carbonyl (C=O) groups excluding carboxylic acids is 2. The van der Waals surface area contributed by atoms with Crippen LogP contribution in [0.15, 0.2) is 65.6 Å². The van der Waals surface area contributed by atoms with E-state index in [9.17, 15) is 28.1 Å². The molecule has 0 aromatic heterocycles. The number of ether oxygens (including phenoxy) is 1. The molecule has 0 saturated carbocycles. The maximum Gasteiger partial charge on any atom is 0.273 e. The minimum atomic E-state index is -4.65. The Morgan fingerprint density at radius 2 is 1.73 bits per heavy atom. The van der Waals surface area contributed by atoms with Gasteiger partial charge in [-0.15, -0.1) is 0 Å². The van der Waals surface area contributed by atoms with Crippen molar-refractivity contribution in [2.24, 2.45) is 0 Å². The van der Waals surface area contributed by atoms with Crippen LogP contribution >= 0.6 is 23.2 Å². The standard InChI is InChI=1S/C31H36Cl2N4O7S/c1-6-21(4)34-31(39)26(7-2)35(18-22-10-8-9-11-25(22)33)30(38)19-36(28-16-23(32)13-15-29(28)44-5)45(42,43)24-14-12-20(3)27(17-24)37(40)41/h8-17,21,26H,6-7,18-19H2,1-5H3,(H,34,39)/t21-,26-/m0/s1. The van der Waals surface area contributed by atoms with Crippen LogP contribution in [-0.2, 0) is 26.2 Å². The summed E-state index contributed by atoms with van der Waals surface area (Å²) in [5, 5.41) is 15.1. The zero-order chi connectivity index (χ0) is 33.5. The van der Waals surface area contributed by atoms with Crippen LogP contribution in [0.3, 0.4) is 0 Å². The predicted molar refractivity (Wildman–Crippen MR) is 174 cm³/mol. The first-order chi connectivity index (χ1) is 21.2. The number of anilines is 1. The van der Waals surface area contributed by atoms with Crippen molar-refractivity contribution in [3.05, 3.63) is 92.0 Å². The quantitative estimate of drug-likeness (QED) is 0.160. The molecule has 0 spiro atoms. The highest BCUT2D eigenvalue weighted by molar-refractivity contribution is 7.92. The third-order valence-electron chi connectivity index (χ3n) is 7.34. The summed E-state index contributed by atoms with van der Waals surface area (Å²) < 4.78 is 34.7. The zero-order valence-electron chi connectivity index (χ0n) is 25.6. The van der Waals surface area contributed by atoms with Crippen LogP contribution < -0.4 is 14.4 Å². The molecule has 0 radical (unpaired) electrons. The minimum absolute atomic E-state index is 0.0728. The second-order valence-electron chi connectivity index (χ2n) is 10.4. The highest BCUT2D eigenvalue weighted by atomic mass is 35.5. The molecular weight excluding hydrogens is 643 g/mol. The number of methoxy groups -OCH3 is 1. The normalized spacial score (nSPS) is 12.6. The molecule has 3 rings (SSSR count). The topological polar surface area (TPSA) is 139 Å². The van der Waals surface area contributed by atoms with Crippen LogP contribution in [0.4, 0.5) is 11.4 Å². The monoisotopic (exact) mass is 678 g/mol. The fourth-order valence-electron chi connectivity index (χ4n) is 4.62. The number of nitro groups is 1. The first-order valence-corrected chi connectivity index (χ1v) is 16.4. The lowest BCUT2D eigenvalue weighted by Gasteiger charge is -2.34. The molecule has 0 aliphatic carbocycles. The van der Waals surface area contributed by atoms with Crippen LogP contribution in [0.2, 0.25) is 10.0 Å². The van der Waals surface area contributed by atoms with E-state index in [0.717, 1.165) is 10.4 Å². The number of benzene rings is 3. The number of hydrogen-bond acceptors (Lipinski definition) is 7. The molecule has 0 heterocycles. The van der Waals surface area contributed by atoms with E-state index in [4.69, 9.17) is 27.9 Å². The number of hydrogen-bond donors (Lipinski definition) is 1. The van der Waals surface area contributed by atoms with Gasteiger partial charge in [0.2, 0.25) is 11.8 Å². The van der Waals surface area contributed by atoms with Crippen molar-refractivity contribution in [3.63, 3.8) is 0 Å². The third kappa shape index (κ3) is 8.44. The van der Waals surface area contributed by atoms with Gasteiger partial charge in [-0.1, -0.05) is 61.3 Å². The number of amides is 2. The van der Waals surface area contributed by atoms with Crippen molar-refractivity contribution in [1.82, 2.24) is 10.2 Å². The summed E-state index contributed by atoms with van der Waals surface area (Å²) in [6.07, 6.45) is 0.875. The summed E-state index contributed by atoms with van der Waals surface area (Å²) in [6.45, 7) is 6.09. The van der Waals surface area contributed by atoms with Crippen LogP contribution in [0.25, 0.3) is 0 Å². The molecule has 0 aliphatic heterocycles. The van der Waals surface area contributed by atoms with Gasteiger partial charge in [0.05, 0.1) is 22.6 Å². The Hall–Kier alpha value is -3.87. The predicted octanol–water partition coefficient (Wildman–Crippen LogP) is 6.14. The SMILES string of the molecule is CC[C@H](C)NC(=O)[C@H](CC)N(Cc1ccccc1Cl)C(=O)CN(c1cc(Cl)ccc1OC)S(=O)(=O)c1ccc(C)c([N+](=O)[O-])c1. The van der Waals surface area contributed by atoms with Crippen molar-refractivity contribution >= 4 is 56.4 Å². The first kappa shape index (κ1) is 35.6. The molecular formula is C31H36Cl2N4O7S. The molecule has 2 amide bonds. The van der Waals surface area contributed by atoms with Gasteiger partial charge in [-0.05, 0) is 62.6 Å². The number of rotatable bonds is 14. The lowest BCUT2D eigenvalue weighted by Crippen LogP contribution is -2.53. The van der Waals surface area contributed by atoms with Crippen LogP contribution in [0.1, 0.15) is 44.7 Å². The third-order valence-corrected chi connectivity index (χ3v) is 9.70. The molecule has 2 atom stereocenters. The number of halogens is 2. The van der Waals surface area contributed by atoms with E-state index in [0.29, 0.717) is 17.0 Å². The first-order valence-electron chi connectivity index (χ1n) is 14.2. The lowest BCUT2D eigenvalue weighted by molar-refractivity contribution is -0.385. The molecule has 0 aliphatic rings. The molecule has 0 unspecified atom stereocenters. The molecule has 14 heteroatoms. The van der Waals surface area contributed by atoms with Crippen molar-refractivity contribution in [2.75, 3.05) is 18.0 Å². The Morgan fingerprint density at radius 1 is 1.04 bits per heavy atom. The van der Waals surface area contributed by atoms with Gasteiger partial charge < -0.3 is 15.0 Å². The van der Waals surface area contributed by atoms with Gasteiger partial charge in [0.1, 0.15) is 18.3 Å². The van der Waals surface area contributed by atoms with Gasteiger partial charge >= 0.3 is 0 Å². The number of carbonyl (C=O) groups is 2. The highest BCUT2D eigenvalue weighted by Crippen LogP contribution is 2.36. The van der Waals surface area contributed by atoms with Gasteiger partial charge in [0.25, 0.3) is 15.7 Å². The average Bonchev–Trinajstić information content (AvgIpc) is 3.00. The number of nitro benzene ring substituents is 1. The largest absolute Gasteiger partial charge is 0.495 e. The van der Waals surface area contributed by atoms with Crippen LogP contribution in [-0.4, -0.2) is 55.8 Å². The molecule has 1 N–H and O–H groups in total. The van der Waals surface area contributed by atoms with Crippen molar-refractivity contribution < 1.29 is 27.7 Å². The van der Waals surface area contributed by atoms with Gasteiger partial charge in [-0.25, -0.2) is 8.42 Å². The molecule has 0 bridgehead atoms. The number of aryl methyl sites for hydroxylation is 1. The molecule has 3 aromatic carbocycles. The molecule has 45 heavy (non-hydrogen) atoms. The van der Waals surface area contributed by atoms with Crippen LogP contribution in [0, 0.1) is 17.0 Å². The Labute approximate surface area is 273 Å². The molecule has 11 nitrogen and oxygen atoms in total. The number of nitrogens with zero attached hydrogens (tertiary/aromatic N) is 3. The summed E-state index contributed by atoms with van der Waals surface area (Å²) in [7, 11) is -3.32. The minimum Gasteiger partial charge on any atom is -0.495 e. The highest BCUT2D eigenvalue weighted by Gasteiger charge is 2.36. The molecule has 3 aromatic rings. The van der Waals surface area contributed by atoms with Crippen molar-refractivity contribution in [3.8, 4) is 5.75 Å². The summed E-state index contributed by atoms with van der Waals surface area (Å²) in [4.78, 5) is 39.6. The van der Waals surface area contributed by atoms with Gasteiger partial charge in [-0.2, -0.15) is 0 Å². The summed E-state index contributed by atoms with van der Waals surface area (Å²) >= 11 is 12.7. The maximum atomic E-state index is 14.3. The maximum absolute atomic E-state index is 14.3. The Kier molecular flexibility index (Phi) is 12.2. The van der Waals surface area contributed by atoms with E-state index in [1.54, 1.807) is 31.2 Å². The van der Waals surface area contributed by atoms with E-state index in [1.807, 2.05) is 13.8 Å². The summed E-state index contributed by atoms with van der Waals surface area (Å²) in [6, 6.07) is 13.4. The second-order valence-corrected chi connectivity index (χ2v) is 13.1. The molecule has 242 valence electrons. The van der Waals surface area contributed by atoms with Crippen molar-refractivity contribution in [1.29, 1.82) is 0 Å². The average molecular weight is 680 g/mol. The van der Waals surface area contributed by atoms with Gasteiger partial charge in [0, 0.05) is 34.3 Å². The fourth-order valence-corrected chi connectivity index (χ4v) is 6.41. The van der Waals surface area contributed by atoms with E-state index in [2.05, 4.69) is 5.32 Å². The Bertz CT molecular complexity index is 1670. The zero-order valence-corrected chi connectivity index (χ0v) is 27.9. The fraction of sp³-hybridized carbons (Fsp3) is 0.355. The van der Waals surface area contributed by atoms with E-state index < -0.39 is 49.9 Å².